The number of nitrogens with two attached hydrogens (primary N) is 1. The van der Waals surface area contributed by atoms with Crippen molar-refractivity contribution in [1.82, 2.24) is 14.5 Å². The highest BCUT2D eigenvalue weighted by Crippen LogP contribution is 2.47. The molecular weight excluding hydrogens is 512 g/mol. The number of amides is 2. The molecule has 0 saturated heterocycles. The van der Waals surface area contributed by atoms with Crippen LogP contribution >= 0.6 is 0 Å². The number of hydrogen-bond acceptors (Lipinski definition) is 5. The van der Waals surface area contributed by atoms with Gasteiger partial charge in [0.15, 0.2) is 0 Å². The summed E-state index contributed by atoms with van der Waals surface area (Å²) >= 11 is 0. The van der Waals surface area contributed by atoms with Crippen molar-refractivity contribution in [3.05, 3.63) is 95.2 Å². The smallest absolute Gasteiger partial charge is 0.264 e. The number of aryl methyl sites for hydroxylation is 2. The Hall–Kier alpha value is -4.24. The Balaban J connectivity index is 1.60. The molecule has 1 aromatic heterocycles. The van der Waals surface area contributed by atoms with E-state index in [0.717, 1.165) is 30.4 Å². The van der Waals surface area contributed by atoms with Gasteiger partial charge < -0.3 is 5.73 Å². The Morgan fingerprint density at radius 2 is 1.69 bits per heavy atom. The molecule has 0 bridgehead atoms. The molecule has 0 aliphatic heterocycles. The van der Waals surface area contributed by atoms with Gasteiger partial charge in [0.25, 0.3) is 21.8 Å². The summed E-state index contributed by atoms with van der Waals surface area (Å²) in [5.41, 5.74) is 10.8. The van der Waals surface area contributed by atoms with Crippen LogP contribution in [0.1, 0.15) is 64.1 Å². The van der Waals surface area contributed by atoms with Crippen LogP contribution in [0.3, 0.4) is 0 Å². The molecule has 200 valence electrons. The number of rotatable bonds is 9. The van der Waals surface area contributed by atoms with E-state index in [1.54, 1.807) is 55.5 Å². The monoisotopic (exact) mass is 542 g/mol. The minimum Gasteiger partial charge on any atom is -0.365 e. The van der Waals surface area contributed by atoms with Gasteiger partial charge >= 0.3 is 0 Å². The van der Waals surface area contributed by atoms with Crippen LogP contribution in [0.2, 0.25) is 0 Å². The Kier molecular flexibility index (Phi) is 7.10. The summed E-state index contributed by atoms with van der Waals surface area (Å²) in [4.78, 5) is 25.1. The van der Waals surface area contributed by atoms with Crippen LogP contribution in [-0.4, -0.2) is 30.0 Å². The van der Waals surface area contributed by atoms with Crippen molar-refractivity contribution in [3.8, 4) is 22.4 Å². The molecule has 0 atom stereocenters. The van der Waals surface area contributed by atoms with E-state index in [9.17, 15) is 18.0 Å². The number of nitrogens with zero attached hydrogens (tertiary/aromatic N) is 2. The normalized spacial score (nSPS) is 13.3. The van der Waals surface area contributed by atoms with E-state index in [1.165, 1.54) is 6.07 Å². The van der Waals surface area contributed by atoms with Crippen molar-refractivity contribution in [2.24, 2.45) is 5.73 Å². The van der Waals surface area contributed by atoms with Crippen molar-refractivity contribution in [3.63, 3.8) is 0 Å². The Bertz CT molecular complexity index is 1670. The van der Waals surface area contributed by atoms with Gasteiger partial charge in [-0.15, -0.1) is 0 Å². The van der Waals surface area contributed by atoms with E-state index in [2.05, 4.69) is 9.82 Å². The van der Waals surface area contributed by atoms with Crippen LogP contribution in [0.15, 0.2) is 77.7 Å². The molecule has 3 aromatic carbocycles. The maximum absolute atomic E-state index is 13.4. The lowest BCUT2D eigenvalue weighted by Gasteiger charge is -2.16. The predicted molar refractivity (Wildman–Crippen MR) is 150 cm³/mol. The fraction of sp³-hybridized carbons (Fsp3) is 0.233. The zero-order valence-corrected chi connectivity index (χ0v) is 22.7. The molecule has 5 rings (SSSR count). The number of primary amides is 1. The van der Waals surface area contributed by atoms with Gasteiger partial charge in [0.2, 0.25) is 0 Å². The number of carbonyl (C=O) groups is 2. The largest absolute Gasteiger partial charge is 0.365 e. The van der Waals surface area contributed by atoms with E-state index in [0.29, 0.717) is 34.6 Å². The van der Waals surface area contributed by atoms with Crippen LogP contribution in [0.4, 0.5) is 0 Å². The first-order valence-electron chi connectivity index (χ1n) is 12.9. The van der Waals surface area contributed by atoms with Gasteiger partial charge in [-0.25, -0.2) is 13.1 Å². The Morgan fingerprint density at radius 3 is 2.36 bits per heavy atom. The van der Waals surface area contributed by atoms with Gasteiger partial charge in [-0.2, -0.15) is 5.10 Å². The van der Waals surface area contributed by atoms with Crippen LogP contribution in [0.25, 0.3) is 22.4 Å². The number of sulfonamides is 1. The molecule has 1 saturated carbocycles. The lowest BCUT2D eigenvalue weighted by molar-refractivity contribution is 0.0978. The first-order valence-corrected chi connectivity index (χ1v) is 14.4. The molecule has 8 nitrogen and oxygen atoms in total. The zero-order valence-electron chi connectivity index (χ0n) is 21.8. The molecule has 0 radical (unpaired) electrons. The summed E-state index contributed by atoms with van der Waals surface area (Å²) in [6.07, 6.45) is 2.83. The fourth-order valence-electron chi connectivity index (χ4n) is 4.97. The third-order valence-corrected chi connectivity index (χ3v) is 8.27. The second-order valence-corrected chi connectivity index (χ2v) is 11.4. The molecule has 0 unspecified atom stereocenters. The maximum Gasteiger partial charge on any atom is 0.264 e. The van der Waals surface area contributed by atoms with E-state index < -0.39 is 21.8 Å². The number of benzene rings is 3. The van der Waals surface area contributed by atoms with Crippen molar-refractivity contribution in [2.45, 2.75) is 50.5 Å². The molecule has 3 N–H and O–H groups in total. The van der Waals surface area contributed by atoms with Crippen molar-refractivity contribution in [1.29, 1.82) is 0 Å². The summed E-state index contributed by atoms with van der Waals surface area (Å²) in [6, 6.07) is 20.6. The predicted octanol–water partition coefficient (Wildman–Crippen LogP) is 5.03. The zero-order chi connectivity index (χ0) is 27.7. The topological polar surface area (TPSA) is 124 Å². The third-order valence-electron chi connectivity index (χ3n) is 6.88. The minimum absolute atomic E-state index is 0.00784. The quantitative estimate of drug-likeness (QED) is 0.307. The number of hydrogen-bond donors (Lipinski definition) is 2. The molecule has 1 heterocycles. The average Bonchev–Trinajstić information content (AvgIpc) is 3.72. The van der Waals surface area contributed by atoms with Crippen LogP contribution < -0.4 is 10.5 Å². The first-order chi connectivity index (χ1) is 18.7. The highest BCUT2D eigenvalue weighted by molar-refractivity contribution is 7.90. The van der Waals surface area contributed by atoms with Crippen molar-refractivity contribution >= 4 is 21.8 Å². The van der Waals surface area contributed by atoms with E-state index in [1.807, 2.05) is 29.8 Å². The summed E-state index contributed by atoms with van der Waals surface area (Å²) in [6.45, 7) is 4.47. The van der Waals surface area contributed by atoms with Gasteiger partial charge in [0, 0.05) is 23.2 Å². The molecule has 1 aliphatic rings. The summed E-state index contributed by atoms with van der Waals surface area (Å²) in [5.74, 6) is -0.938. The average molecular weight is 543 g/mol. The lowest BCUT2D eigenvalue weighted by atomic mass is 9.93. The molecule has 39 heavy (non-hydrogen) atoms. The first kappa shape index (κ1) is 26.4. The number of aromatic nitrogens is 2. The number of carbonyl (C=O) groups excluding carboxylic acids is 2. The van der Waals surface area contributed by atoms with E-state index in [-0.39, 0.29) is 16.4 Å². The highest BCUT2D eigenvalue weighted by atomic mass is 32.2. The summed E-state index contributed by atoms with van der Waals surface area (Å²) in [7, 11) is -4.17. The molecular formula is C30H30N4O4S. The van der Waals surface area contributed by atoms with Crippen LogP contribution in [0, 0.1) is 6.92 Å². The van der Waals surface area contributed by atoms with Gasteiger partial charge in [-0.3, -0.25) is 14.3 Å². The summed E-state index contributed by atoms with van der Waals surface area (Å²) < 4.78 is 30.8. The molecule has 1 fully saturated rings. The van der Waals surface area contributed by atoms with Gasteiger partial charge in [-0.05, 0) is 61.4 Å². The second-order valence-electron chi connectivity index (χ2n) is 9.77. The highest BCUT2D eigenvalue weighted by Gasteiger charge is 2.31. The number of nitrogens with one attached hydrogen (secondary N) is 1. The lowest BCUT2D eigenvalue weighted by Crippen LogP contribution is -2.30. The van der Waals surface area contributed by atoms with Crippen molar-refractivity contribution in [2.75, 3.05) is 0 Å². The van der Waals surface area contributed by atoms with Gasteiger partial charge in [0.1, 0.15) is 0 Å². The molecule has 1 aliphatic carbocycles. The summed E-state index contributed by atoms with van der Waals surface area (Å²) in [5, 5.41) is 4.59. The van der Waals surface area contributed by atoms with Gasteiger partial charge in [0.05, 0.1) is 21.8 Å². The fourth-order valence-corrected chi connectivity index (χ4v) is 6.17. The molecule has 9 heteroatoms. The van der Waals surface area contributed by atoms with E-state index in [4.69, 9.17) is 5.73 Å². The molecule has 4 aromatic rings. The standard InChI is InChI=1S/C30H30N4O4S/c1-3-17-34-28(27(29(31)35)19(2)32-34)24-16-15-22(18-25(24)20-13-14-20)23-11-7-8-12-26(23)39(37,38)33-30(36)21-9-5-4-6-10-21/h4-12,15-16,18,20H,3,13-14,17H2,1-2H3,(H2,31,35)(H,33,36). The maximum atomic E-state index is 13.4. The third kappa shape index (κ3) is 5.22. The van der Waals surface area contributed by atoms with Crippen molar-refractivity contribution < 1.29 is 18.0 Å². The molecule has 0 spiro atoms. The van der Waals surface area contributed by atoms with E-state index >= 15 is 0 Å². The minimum atomic E-state index is -4.17. The second kappa shape index (κ2) is 10.5. The Morgan fingerprint density at radius 1 is 1.00 bits per heavy atom. The molecule has 2 amide bonds. The van der Waals surface area contributed by atoms with Crippen LogP contribution in [0.5, 0.6) is 0 Å². The van der Waals surface area contributed by atoms with Gasteiger partial charge in [-0.1, -0.05) is 61.5 Å². The SMILES string of the molecule is CCCn1nc(C)c(C(N)=O)c1-c1ccc(-c2ccccc2S(=O)(=O)NC(=O)c2ccccc2)cc1C1CC1. The van der Waals surface area contributed by atoms with Crippen LogP contribution in [-0.2, 0) is 16.6 Å². The Labute approximate surface area is 227 Å².